The summed E-state index contributed by atoms with van der Waals surface area (Å²) in [6.45, 7) is 2.68. The van der Waals surface area contributed by atoms with Crippen LogP contribution in [0.2, 0.25) is 0 Å². The fourth-order valence-corrected chi connectivity index (χ4v) is 6.54. The Balaban J connectivity index is 1.39. The highest BCUT2D eigenvalue weighted by molar-refractivity contribution is 6.26. The Kier molecular flexibility index (Phi) is 11.7. The number of piperidine rings is 1. The van der Waals surface area contributed by atoms with E-state index >= 15 is 0 Å². The van der Waals surface area contributed by atoms with Crippen LogP contribution in [0, 0.1) is 17.8 Å². The lowest BCUT2D eigenvalue weighted by molar-refractivity contribution is -0.142. The Labute approximate surface area is 228 Å². The molecule has 7 atom stereocenters. The monoisotopic (exact) mass is 561 g/mol. The minimum Gasteiger partial charge on any atom is -0.480 e. The molecule has 0 spiro atoms. The van der Waals surface area contributed by atoms with E-state index in [0.29, 0.717) is 18.8 Å². The van der Waals surface area contributed by atoms with Gasteiger partial charge in [0.2, 0.25) is 17.7 Å². The molecule has 1 heterocycles. The van der Waals surface area contributed by atoms with Gasteiger partial charge in [0.1, 0.15) is 6.04 Å². The summed E-state index contributed by atoms with van der Waals surface area (Å²) in [7, 11) is 0. The number of aliphatic carboxylic acids is 1. The molecule has 3 amide bonds. The van der Waals surface area contributed by atoms with E-state index in [1.807, 2.05) is 0 Å². The number of hydrogen-bond acceptors (Lipinski definition) is 6. The quantitative estimate of drug-likeness (QED) is 0.220. The van der Waals surface area contributed by atoms with Gasteiger partial charge in [0.25, 0.3) is 0 Å². The maximum Gasteiger partial charge on any atom is 0.328 e. The van der Waals surface area contributed by atoms with E-state index in [1.54, 1.807) is 0 Å². The number of carbonyl (C=O) groups is 4. The second-order valence-electron chi connectivity index (χ2n) is 10.8. The van der Waals surface area contributed by atoms with Gasteiger partial charge in [-0.15, -0.1) is 23.2 Å². The normalized spacial score (nSPS) is 33.1. The molecule has 1 aliphatic heterocycles. The van der Waals surface area contributed by atoms with Gasteiger partial charge in [-0.05, 0) is 57.4 Å². The molecule has 2 saturated carbocycles. The summed E-state index contributed by atoms with van der Waals surface area (Å²) >= 11 is 12.5. The van der Waals surface area contributed by atoms with E-state index in [9.17, 15) is 24.3 Å². The molecule has 6 N–H and O–H groups in total. The average molecular weight is 563 g/mol. The highest BCUT2D eigenvalue weighted by Gasteiger charge is 2.38. The Morgan fingerprint density at radius 2 is 1.65 bits per heavy atom. The zero-order valence-corrected chi connectivity index (χ0v) is 23.0. The highest BCUT2D eigenvalue weighted by atomic mass is 35.5. The summed E-state index contributed by atoms with van der Waals surface area (Å²) in [4.78, 5) is 49.3. The van der Waals surface area contributed by atoms with Crippen LogP contribution in [0.15, 0.2) is 0 Å². The van der Waals surface area contributed by atoms with Crippen molar-refractivity contribution in [1.29, 1.82) is 0 Å². The van der Waals surface area contributed by atoms with E-state index in [-0.39, 0.29) is 37.1 Å². The summed E-state index contributed by atoms with van der Waals surface area (Å²) in [6.07, 6.45) is 8.06. The van der Waals surface area contributed by atoms with Gasteiger partial charge in [0.05, 0.1) is 18.6 Å². The molecular weight excluding hydrogens is 521 g/mol. The standard InChI is InChI=1S/C25H41Cl2N5O5/c1-14-8-9-28-20(10-14)31-16-5-2-4-15(11-16)23(34)30-13-21(33)29-12-19(25(36)37)32-24(35)22-17(26)6-3-7-18(22)27/h14-20,22,28,31H,2-13H2,1H3,(H,29,33)(H,30,34)(H,32,35)(H,36,37)/t14?,15?,16?,17?,18?,19-,20?,22?/m0/s1. The summed E-state index contributed by atoms with van der Waals surface area (Å²) in [5, 5.41) is 23.3. The third-order valence-corrected chi connectivity index (χ3v) is 8.71. The lowest BCUT2D eigenvalue weighted by Crippen LogP contribution is -2.54. The molecule has 210 valence electrons. The van der Waals surface area contributed by atoms with Gasteiger partial charge in [0.15, 0.2) is 0 Å². The van der Waals surface area contributed by atoms with Crippen molar-refractivity contribution in [2.24, 2.45) is 17.8 Å². The predicted molar refractivity (Wildman–Crippen MR) is 141 cm³/mol. The van der Waals surface area contributed by atoms with Gasteiger partial charge >= 0.3 is 5.97 Å². The summed E-state index contributed by atoms with van der Waals surface area (Å²) in [5.74, 6) is -2.71. The summed E-state index contributed by atoms with van der Waals surface area (Å²) < 4.78 is 0. The first-order valence-corrected chi connectivity index (χ1v) is 14.4. The molecule has 0 aromatic heterocycles. The van der Waals surface area contributed by atoms with Crippen molar-refractivity contribution in [2.45, 2.75) is 93.7 Å². The largest absolute Gasteiger partial charge is 0.480 e. The minimum absolute atomic E-state index is 0.173. The van der Waals surface area contributed by atoms with Gasteiger partial charge in [-0.1, -0.05) is 19.8 Å². The fourth-order valence-electron chi connectivity index (χ4n) is 5.58. The van der Waals surface area contributed by atoms with Crippen LogP contribution in [-0.4, -0.2) is 77.4 Å². The maximum atomic E-state index is 12.7. The number of carboxylic acids is 1. The molecule has 0 radical (unpaired) electrons. The van der Waals surface area contributed by atoms with Crippen molar-refractivity contribution in [2.75, 3.05) is 19.6 Å². The number of alkyl halides is 2. The molecule has 3 fully saturated rings. The second-order valence-corrected chi connectivity index (χ2v) is 11.9. The van der Waals surface area contributed by atoms with Gasteiger partial charge in [-0.3, -0.25) is 19.7 Å². The Morgan fingerprint density at radius 1 is 0.946 bits per heavy atom. The van der Waals surface area contributed by atoms with Crippen LogP contribution in [0.1, 0.15) is 64.7 Å². The van der Waals surface area contributed by atoms with Crippen molar-refractivity contribution in [3.8, 4) is 0 Å². The molecule has 0 aromatic carbocycles. The zero-order valence-electron chi connectivity index (χ0n) is 21.4. The van der Waals surface area contributed by atoms with Crippen molar-refractivity contribution in [3.63, 3.8) is 0 Å². The molecule has 37 heavy (non-hydrogen) atoms. The number of nitrogens with one attached hydrogen (secondary N) is 5. The van der Waals surface area contributed by atoms with Crippen LogP contribution in [0.3, 0.4) is 0 Å². The Bertz CT molecular complexity index is 808. The molecule has 10 nitrogen and oxygen atoms in total. The molecule has 0 bridgehead atoms. The van der Waals surface area contributed by atoms with Crippen LogP contribution < -0.4 is 26.6 Å². The van der Waals surface area contributed by atoms with E-state index in [1.165, 1.54) is 6.42 Å². The Hall–Kier alpha value is -1.62. The third-order valence-electron chi connectivity index (χ3n) is 7.73. The van der Waals surface area contributed by atoms with Gasteiger partial charge in [-0.2, -0.15) is 0 Å². The van der Waals surface area contributed by atoms with Gasteiger partial charge < -0.3 is 26.4 Å². The average Bonchev–Trinajstić information content (AvgIpc) is 2.85. The number of rotatable bonds is 10. The molecular formula is C25H41Cl2N5O5. The topological polar surface area (TPSA) is 149 Å². The molecule has 6 unspecified atom stereocenters. The molecule has 3 rings (SSSR count). The van der Waals surface area contributed by atoms with E-state index in [0.717, 1.165) is 45.1 Å². The first-order valence-electron chi connectivity index (χ1n) is 13.5. The van der Waals surface area contributed by atoms with Gasteiger partial charge in [0, 0.05) is 29.3 Å². The number of amides is 3. The number of carboxylic acid groups (broad SMARTS) is 1. The van der Waals surface area contributed by atoms with E-state index < -0.39 is 40.5 Å². The lowest BCUT2D eigenvalue weighted by atomic mass is 9.84. The van der Waals surface area contributed by atoms with Crippen molar-refractivity contribution in [1.82, 2.24) is 26.6 Å². The van der Waals surface area contributed by atoms with Gasteiger partial charge in [-0.25, -0.2) is 4.79 Å². The Morgan fingerprint density at radius 3 is 2.32 bits per heavy atom. The second kappa shape index (κ2) is 14.5. The number of hydrogen-bond donors (Lipinski definition) is 6. The molecule has 0 aromatic rings. The SMILES string of the molecule is CC1CCNC(NC2CCCC(C(=O)NCC(=O)NC[C@H](NC(=O)C3C(Cl)CCCC3Cl)C(=O)O)C2)C1. The zero-order chi connectivity index (χ0) is 26.9. The fraction of sp³-hybridized carbons (Fsp3) is 0.840. The van der Waals surface area contributed by atoms with E-state index in [4.69, 9.17) is 23.2 Å². The minimum atomic E-state index is -1.33. The smallest absolute Gasteiger partial charge is 0.328 e. The van der Waals surface area contributed by atoms with Crippen molar-refractivity contribution < 1.29 is 24.3 Å². The molecule has 12 heteroatoms. The predicted octanol–water partition coefficient (Wildman–Crippen LogP) is 1.30. The van der Waals surface area contributed by atoms with Crippen molar-refractivity contribution in [3.05, 3.63) is 0 Å². The summed E-state index contributed by atoms with van der Waals surface area (Å²) in [6, 6.07) is -1.08. The van der Waals surface area contributed by atoms with E-state index in [2.05, 4.69) is 33.5 Å². The number of halogens is 2. The van der Waals surface area contributed by atoms with Crippen LogP contribution in [-0.2, 0) is 19.2 Å². The first kappa shape index (κ1) is 29.9. The lowest BCUT2D eigenvalue weighted by Gasteiger charge is -2.35. The first-order chi connectivity index (χ1) is 17.6. The summed E-state index contributed by atoms with van der Waals surface area (Å²) in [5.41, 5.74) is 0. The molecule has 1 saturated heterocycles. The van der Waals surface area contributed by atoms with Crippen molar-refractivity contribution >= 4 is 46.9 Å². The number of carbonyl (C=O) groups excluding carboxylic acids is 3. The third kappa shape index (κ3) is 9.26. The molecule has 2 aliphatic carbocycles. The highest BCUT2D eigenvalue weighted by Crippen LogP contribution is 2.33. The maximum absolute atomic E-state index is 12.7. The molecule has 3 aliphatic rings. The van der Waals surface area contributed by atoms with Crippen LogP contribution in [0.4, 0.5) is 0 Å². The van der Waals surface area contributed by atoms with Crippen LogP contribution >= 0.6 is 23.2 Å². The van der Waals surface area contributed by atoms with Crippen LogP contribution in [0.5, 0.6) is 0 Å². The van der Waals surface area contributed by atoms with Crippen LogP contribution in [0.25, 0.3) is 0 Å².